The van der Waals surface area contributed by atoms with Crippen molar-refractivity contribution in [3.63, 3.8) is 0 Å². The predicted octanol–water partition coefficient (Wildman–Crippen LogP) is 3.42. The lowest BCUT2D eigenvalue weighted by atomic mass is 9.75. The summed E-state index contributed by atoms with van der Waals surface area (Å²) >= 11 is 0. The second kappa shape index (κ2) is 6.13. The highest BCUT2D eigenvalue weighted by Crippen LogP contribution is 2.39. The molecular formula is C17H32N2. The summed E-state index contributed by atoms with van der Waals surface area (Å²) in [4.78, 5) is 2.95. The van der Waals surface area contributed by atoms with Gasteiger partial charge in [-0.3, -0.25) is 4.90 Å². The molecule has 3 aliphatic rings. The second-order valence-corrected chi connectivity index (χ2v) is 7.37. The van der Waals surface area contributed by atoms with Crippen molar-refractivity contribution in [2.24, 2.45) is 11.8 Å². The van der Waals surface area contributed by atoms with Gasteiger partial charge in [-0.15, -0.1) is 0 Å². The normalized spacial score (nSPS) is 44.8. The molecule has 3 fully saturated rings. The van der Waals surface area contributed by atoms with Gasteiger partial charge in [0.15, 0.2) is 0 Å². The summed E-state index contributed by atoms with van der Waals surface area (Å²) in [6, 6.07) is 2.49. The molecule has 2 nitrogen and oxygen atoms in total. The molecular weight excluding hydrogens is 232 g/mol. The van der Waals surface area contributed by atoms with Crippen LogP contribution >= 0.6 is 0 Å². The number of hydrogen-bond acceptors (Lipinski definition) is 2. The van der Waals surface area contributed by atoms with Crippen molar-refractivity contribution in [2.75, 3.05) is 13.6 Å². The molecule has 3 rings (SSSR count). The molecule has 2 saturated carbocycles. The van der Waals surface area contributed by atoms with Gasteiger partial charge in [0.1, 0.15) is 0 Å². The highest BCUT2D eigenvalue weighted by molar-refractivity contribution is 4.96. The van der Waals surface area contributed by atoms with E-state index in [9.17, 15) is 0 Å². The summed E-state index contributed by atoms with van der Waals surface area (Å²) in [7, 11) is 2.18. The molecule has 5 atom stereocenters. The van der Waals surface area contributed by atoms with Gasteiger partial charge in [0, 0.05) is 18.1 Å². The molecule has 0 spiro atoms. The zero-order chi connectivity index (χ0) is 13.2. The van der Waals surface area contributed by atoms with Crippen LogP contribution in [0.5, 0.6) is 0 Å². The summed E-state index contributed by atoms with van der Waals surface area (Å²) in [6.45, 7) is 3.83. The van der Waals surface area contributed by atoms with Crippen molar-refractivity contribution >= 4 is 0 Å². The summed E-state index contributed by atoms with van der Waals surface area (Å²) in [5.74, 6) is 1.95. The molecule has 1 saturated heterocycles. The van der Waals surface area contributed by atoms with Gasteiger partial charge in [0.2, 0.25) is 0 Å². The topological polar surface area (TPSA) is 15.3 Å². The smallest absolute Gasteiger partial charge is 0.0254 e. The van der Waals surface area contributed by atoms with Gasteiger partial charge in [0.25, 0.3) is 0 Å². The summed E-state index contributed by atoms with van der Waals surface area (Å²) in [6.07, 6.45) is 13.1. The van der Waals surface area contributed by atoms with Gasteiger partial charge in [-0.2, -0.15) is 0 Å². The first kappa shape index (κ1) is 13.9. The third kappa shape index (κ3) is 2.85. The number of hydrogen-bond donors (Lipinski definition) is 1. The van der Waals surface area contributed by atoms with Crippen molar-refractivity contribution in [2.45, 2.75) is 82.8 Å². The molecule has 0 aromatic rings. The van der Waals surface area contributed by atoms with Crippen molar-refractivity contribution in [1.29, 1.82) is 0 Å². The fourth-order valence-electron chi connectivity index (χ4n) is 5.13. The summed E-state index contributed by atoms with van der Waals surface area (Å²) in [5.41, 5.74) is 0. The maximum Gasteiger partial charge on any atom is 0.0254 e. The first-order valence-corrected chi connectivity index (χ1v) is 8.72. The lowest BCUT2D eigenvalue weighted by molar-refractivity contribution is -0.00604. The van der Waals surface area contributed by atoms with E-state index in [2.05, 4.69) is 24.2 Å². The fourth-order valence-corrected chi connectivity index (χ4v) is 5.13. The highest BCUT2D eigenvalue weighted by atomic mass is 15.2. The molecule has 0 aromatic carbocycles. The maximum atomic E-state index is 3.63. The quantitative estimate of drug-likeness (QED) is 0.822. The largest absolute Gasteiger partial charge is 0.315 e. The monoisotopic (exact) mass is 264 g/mol. The molecule has 0 radical (unpaired) electrons. The second-order valence-electron chi connectivity index (χ2n) is 7.37. The number of likely N-dealkylation sites (tertiary alicyclic amines) is 1. The molecule has 0 bridgehead atoms. The molecule has 110 valence electrons. The van der Waals surface area contributed by atoms with Crippen LogP contribution in [0.4, 0.5) is 0 Å². The standard InChI is InChI=1S/C17H32N2/c1-13-9-10-15(18-2)17(12-13)19-11-5-7-14-6-3-4-8-16(14)19/h13-18H,3-12H2,1-2H3/t13?,14-,15?,16-,17?/m1/s1. The number of piperidine rings is 1. The van der Waals surface area contributed by atoms with Crippen LogP contribution in [0, 0.1) is 11.8 Å². The van der Waals surface area contributed by atoms with E-state index in [4.69, 9.17) is 0 Å². The van der Waals surface area contributed by atoms with Crippen LogP contribution in [0.1, 0.15) is 64.7 Å². The Morgan fingerprint density at radius 2 is 1.68 bits per heavy atom. The van der Waals surface area contributed by atoms with Crippen LogP contribution in [0.25, 0.3) is 0 Å². The van der Waals surface area contributed by atoms with Crippen LogP contribution in [-0.2, 0) is 0 Å². The SMILES string of the molecule is CNC1CCC(C)CC1N1CCC[C@H]2CCCC[C@H]21. The molecule has 0 aromatic heterocycles. The minimum Gasteiger partial charge on any atom is -0.315 e. The number of fused-ring (bicyclic) bond motifs is 1. The summed E-state index contributed by atoms with van der Waals surface area (Å²) < 4.78 is 0. The van der Waals surface area contributed by atoms with E-state index < -0.39 is 0 Å². The van der Waals surface area contributed by atoms with Gasteiger partial charge in [-0.05, 0) is 70.4 Å². The molecule has 1 heterocycles. The first-order valence-electron chi connectivity index (χ1n) is 8.72. The first-order chi connectivity index (χ1) is 9.29. The Labute approximate surface area is 119 Å². The van der Waals surface area contributed by atoms with Gasteiger partial charge >= 0.3 is 0 Å². The van der Waals surface area contributed by atoms with E-state index in [1.54, 1.807) is 0 Å². The molecule has 2 heteroatoms. The molecule has 1 aliphatic heterocycles. The molecule has 3 unspecified atom stereocenters. The van der Waals surface area contributed by atoms with Crippen molar-refractivity contribution in [1.82, 2.24) is 10.2 Å². The fraction of sp³-hybridized carbons (Fsp3) is 1.00. The van der Waals surface area contributed by atoms with E-state index in [0.717, 1.165) is 30.0 Å². The van der Waals surface area contributed by atoms with Gasteiger partial charge in [0.05, 0.1) is 0 Å². The van der Waals surface area contributed by atoms with Gasteiger partial charge in [-0.1, -0.05) is 19.8 Å². The van der Waals surface area contributed by atoms with Crippen LogP contribution in [0.15, 0.2) is 0 Å². The molecule has 0 amide bonds. The molecule has 2 aliphatic carbocycles. The molecule has 19 heavy (non-hydrogen) atoms. The Kier molecular flexibility index (Phi) is 4.48. The Bertz CT molecular complexity index is 289. The Morgan fingerprint density at radius 3 is 2.53 bits per heavy atom. The van der Waals surface area contributed by atoms with E-state index in [1.807, 2.05) is 0 Å². The zero-order valence-corrected chi connectivity index (χ0v) is 12.9. The minimum absolute atomic E-state index is 0.747. The number of rotatable bonds is 2. The number of likely N-dealkylation sites (N-methyl/N-ethyl adjacent to an activating group) is 1. The minimum atomic E-state index is 0.747. The summed E-state index contributed by atoms with van der Waals surface area (Å²) in [5, 5.41) is 3.63. The van der Waals surface area contributed by atoms with Crippen LogP contribution in [-0.4, -0.2) is 36.6 Å². The van der Waals surface area contributed by atoms with Crippen molar-refractivity contribution in [3.8, 4) is 0 Å². The zero-order valence-electron chi connectivity index (χ0n) is 12.9. The van der Waals surface area contributed by atoms with E-state index in [-0.39, 0.29) is 0 Å². The van der Waals surface area contributed by atoms with Gasteiger partial charge < -0.3 is 5.32 Å². The molecule has 1 N–H and O–H groups in total. The number of nitrogens with one attached hydrogen (secondary N) is 1. The lowest BCUT2D eigenvalue weighted by Crippen LogP contribution is -2.59. The average Bonchev–Trinajstić information content (AvgIpc) is 2.46. The van der Waals surface area contributed by atoms with E-state index in [0.29, 0.717) is 0 Å². The Morgan fingerprint density at radius 1 is 0.895 bits per heavy atom. The van der Waals surface area contributed by atoms with Crippen LogP contribution in [0.2, 0.25) is 0 Å². The van der Waals surface area contributed by atoms with Crippen molar-refractivity contribution in [3.05, 3.63) is 0 Å². The maximum absolute atomic E-state index is 3.63. The van der Waals surface area contributed by atoms with Crippen LogP contribution in [0.3, 0.4) is 0 Å². The Balaban J connectivity index is 1.74. The lowest BCUT2D eigenvalue weighted by Gasteiger charge is -2.51. The van der Waals surface area contributed by atoms with E-state index in [1.165, 1.54) is 64.3 Å². The third-order valence-corrected chi connectivity index (χ3v) is 6.16. The number of nitrogens with zero attached hydrogens (tertiary/aromatic N) is 1. The Hall–Kier alpha value is -0.0800. The average molecular weight is 264 g/mol. The van der Waals surface area contributed by atoms with Crippen molar-refractivity contribution < 1.29 is 0 Å². The van der Waals surface area contributed by atoms with Gasteiger partial charge in [-0.25, -0.2) is 0 Å². The predicted molar refractivity (Wildman–Crippen MR) is 81.3 cm³/mol. The van der Waals surface area contributed by atoms with Crippen LogP contribution < -0.4 is 5.32 Å². The third-order valence-electron chi connectivity index (χ3n) is 6.16. The highest BCUT2D eigenvalue weighted by Gasteiger charge is 2.40. The van der Waals surface area contributed by atoms with E-state index >= 15 is 0 Å².